The van der Waals surface area contributed by atoms with Gasteiger partial charge in [-0.1, -0.05) is 6.07 Å². The molecule has 104 valence electrons. The van der Waals surface area contributed by atoms with Crippen molar-refractivity contribution >= 4 is 17.4 Å². The van der Waals surface area contributed by atoms with E-state index in [1.165, 1.54) is 11.5 Å². The highest BCUT2D eigenvalue weighted by Crippen LogP contribution is 2.32. The monoisotopic (exact) mass is 290 g/mol. The van der Waals surface area contributed by atoms with Crippen LogP contribution >= 0.6 is 11.5 Å². The predicted molar refractivity (Wildman–Crippen MR) is 75.5 cm³/mol. The summed E-state index contributed by atoms with van der Waals surface area (Å²) < 4.78 is 14.7. The molecule has 1 aromatic heterocycles. The van der Waals surface area contributed by atoms with Crippen molar-refractivity contribution in [3.63, 3.8) is 0 Å². The summed E-state index contributed by atoms with van der Waals surface area (Å²) >= 11 is 1.30. The Morgan fingerprint density at radius 2 is 2.25 bits per heavy atom. The van der Waals surface area contributed by atoms with Gasteiger partial charge in [0, 0.05) is 11.9 Å². The van der Waals surface area contributed by atoms with Crippen molar-refractivity contribution in [1.82, 2.24) is 9.69 Å². The molecular formula is C14H14N2O3S. The van der Waals surface area contributed by atoms with Gasteiger partial charge in [-0.2, -0.15) is 4.37 Å². The van der Waals surface area contributed by atoms with Crippen LogP contribution in [0.25, 0.3) is 0 Å². The van der Waals surface area contributed by atoms with Gasteiger partial charge >= 0.3 is 0 Å². The standard InChI is InChI=1S/C14H14N2O3S/c1-9-11(7-20-16-9)14(17)15-5-4-10-2-3-12-13(6-10)19-8-18-12/h2-3,6-7H,4-5,8H2,1H3,(H,15,17). The molecule has 0 aliphatic carbocycles. The number of carbonyl (C=O) groups is 1. The van der Waals surface area contributed by atoms with Gasteiger partial charge in [0.25, 0.3) is 5.91 Å². The lowest BCUT2D eigenvalue weighted by atomic mass is 10.1. The first kappa shape index (κ1) is 12.9. The van der Waals surface area contributed by atoms with E-state index in [4.69, 9.17) is 9.47 Å². The second kappa shape index (κ2) is 5.50. The minimum absolute atomic E-state index is 0.0722. The van der Waals surface area contributed by atoms with Crippen molar-refractivity contribution in [2.75, 3.05) is 13.3 Å². The molecular weight excluding hydrogens is 276 g/mol. The lowest BCUT2D eigenvalue weighted by Crippen LogP contribution is -2.25. The fourth-order valence-corrected chi connectivity index (χ4v) is 2.71. The fourth-order valence-electron chi connectivity index (χ4n) is 2.02. The molecule has 1 N–H and O–H groups in total. The molecule has 0 fully saturated rings. The molecule has 3 rings (SSSR count). The molecule has 1 aliphatic heterocycles. The van der Waals surface area contributed by atoms with Crippen LogP contribution in [0.15, 0.2) is 23.6 Å². The number of aromatic nitrogens is 1. The number of hydrogen-bond acceptors (Lipinski definition) is 5. The van der Waals surface area contributed by atoms with Gasteiger partial charge in [0.1, 0.15) is 0 Å². The third-order valence-corrected chi connectivity index (χ3v) is 3.85. The highest BCUT2D eigenvalue weighted by Gasteiger charge is 2.14. The molecule has 20 heavy (non-hydrogen) atoms. The lowest BCUT2D eigenvalue weighted by molar-refractivity contribution is 0.0954. The third-order valence-electron chi connectivity index (χ3n) is 3.13. The minimum Gasteiger partial charge on any atom is -0.454 e. The number of fused-ring (bicyclic) bond motifs is 1. The quantitative estimate of drug-likeness (QED) is 0.937. The van der Waals surface area contributed by atoms with E-state index in [-0.39, 0.29) is 12.7 Å². The zero-order valence-electron chi connectivity index (χ0n) is 11.0. The van der Waals surface area contributed by atoms with Crippen LogP contribution in [0.5, 0.6) is 11.5 Å². The zero-order chi connectivity index (χ0) is 13.9. The van der Waals surface area contributed by atoms with Crippen molar-refractivity contribution in [1.29, 1.82) is 0 Å². The van der Waals surface area contributed by atoms with Crippen LogP contribution in [0.2, 0.25) is 0 Å². The number of hydrogen-bond donors (Lipinski definition) is 1. The normalized spacial score (nSPS) is 12.4. The average molecular weight is 290 g/mol. The van der Waals surface area contributed by atoms with E-state index in [1.807, 2.05) is 25.1 Å². The van der Waals surface area contributed by atoms with Gasteiger partial charge in [-0.05, 0) is 42.6 Å². The highest BCUT2D eigenvalue weighted by atomic mass is 32.1. The van der Waals surface area contributed by atoms with Crippen LogP contribution < -0.4 is 14.8 Å². The van der Waals surface area contributed by atoms with Gasteiger partial charge in [-0.25, -0.2) is 0 Å². The summed E-state index contributed by atoms with van der Waals surface area (Å²) in [7, 11) is 0. The summed E-state index contributed by atoms with van der Waals surface area (Å²) in [4.78, 5) is 11.9. The first-order valence-corrected chi connectivity index (χ1v) is 7.15. The van der Waals surface area contributed by atoms with Crippen LogP contribution in [0.3, 0.4) is 0 Å². The summed E-state index contributed by atoms with van der Waals surface area (Å²) in [6.07, 6.45) is 0.749. The molecule has 1 amide bonds. The largest absolute Gasteiger partial charge is 0.454 e. The Hall–Kier alpha value is -2.08. The van der Waals surface area contributed by atoms with Crippen molar-refractivity contribution in [3.05, 3.63) is 40.4 Å². The molecule has 6 heteroatoms. The van der Waals surface area contributed by atoms with Crippen molar-refractivity contribution in [3.8, 4) is 11.5 Å². The van der Waals surface area contributed by atoms with Crippen LogP contribution in [0.1, 0.15) is 21.6 Å². The molecule has 1 aliphatic rings. The Kier molecular flexibility index (Phi) is 3.56. The van der Waals surface area contributed by atoms with Gasteiger partial charge in [0.15, 0.2) is 11.5 Å². The van der Waals surface area contributed by atoms with E-state index in [1.54, 1.807) is 5.38 Å². The second-order valence-electron chi connectivity index (χ2n) is 4.51. The number of amides is 1. The maximum Gasteiger partial charge on any atom is 0.254 e. The summed E-state index contributed by atoms with van der Waals surface area (Å²) in [6.45, 7) is 2.69. The Morgan fingerprint density at radius 1 is 1.40 bits per heavy atom. The molecule has 0 bridgehead atoms. The molecule has 0 atom stereocenters. The Morgan fingerprint density at radius 3 is 3.05 bits per heavy atom. The molecule has 0 saturated heterocycles. The molecule has 1 aromatic carbocycles. The van der Waals surface area contributed by atoms with Gasteiger partial charge < -0.3 is 14.8 Å². The number of ether oxygens (including phenoxy) is 2. The number of carbonyl (C=O) groups excluding carboxylic acids is 1. The Bertz CT molecular complexity index is 639. The van der Waals surface area contributed by atoms with Crippen LogP contribution in [-0.4, -0.2) is 23.6 Å². The van der Waals surface area contributed by atoms with Gasteiger partial charge in [0.2, 0.25) is 6.79 Å². The summed E-state index contributed by atoms with van der Waals surface area (Å²) in [5.41, 5.74) is 2.53. The summed E-state index contributed by atoms with van der Waals surface area (Å²) in [5, 5.41) is 4.67. The maximum atomic E-state index is 11.9. The first-order valence-electron chi connectivity index (χ1n) is 6.32. The molecule has 0 unspecified atom stereocenters. The number of aryl methyl sites for hydroxylation is 1. The van der Waals surface area contributed by atoms with Gasteiger partial charge in [0.05, 0.1) is 11.3 Å². The van der Waals surface area contributed by atoms with E-state index in [0.717, 1.165) is 29.2 Å². The second-order valence-corrected chi connectivity index (χ2v) is 5.14. The molecule has 5 nitrogen and oxygen atoms in total. The Labute approximate surface area is 120 Å². The van der Waals surface area contributed by atoms with E-state index in [9.17, 15) is 4.79 Å². The fraction of sp³-hybridized carbons (Fsp3) is 0.286. The molecule has 0 radical (unpaired) electrons. The van der Waals surface area contributed by atoms with E-state index < -0.39 is 0 Å². The number of nitrogens with one attached hydrogen (secondary N) is 1. The Balaban J connectivity index is 1.55. The SMILES string of the molecule is Cc1nscc1C(=O)NCCc1ccc2c(c1)OCO2. The molecule has 0 spiro atoms. The summed E-state index contributed by atoms with van der Waals surface area (Å²) in [6, 6.07) is 5.83. The van der Waals surface area contributed by atoms with Crippen molar-refractivity contribution < 1.29 is 14.3 Å². The number of rotatable bonds is 4. The van der Waals surface area contributed by atoms with Gasteiger partial charge in [-0.3, -0.25) is 4.79 Å². The van der Waals surface area contributed by atoms with E-state index in [2.05, 4.69) is 9.69 Å². The number of benzene rings is 1. The van der Waals surface area contributed by atoms with Gasteiger partial charge in [-0.15, -0.1) is 0 Å². The van der Waals surface area contributed by atoms with E-state index in [0.29, 0.717) is 12.1 Å². The smallest absolute Gasteiger partial charge is 0.254 e. The maximum absolute atomic E-state index is 11.9. The van der Waals surface area contributed by atoms with E-state index >= 15 is 0 Å². The lowest BCUT2D eigenvalue weighted by Gasteiger charge is -2.05. The molecule has 2 heterocycles. The minimum atomic E-state index is -0.0722. The third kappa shape index (κ3) is 2.60. The average Bonchev–Trinajstić information content (AvgIpc) is 3.06. The number of nitrogens with zero attached hydrogens (tertiary/aromatic N) is 1. The van der Waals surface area contributed by atoms with Crippen molar-refractivity contribution in [2.45, 2.75) is 13.3 Å². The van der Waals surface area contributed by atoms with Crippen LogP contribution in [-0.2, 0) is 6.42 Å². The highest BCUT2D eigenvalue weighted by molar-refractivity contribution is 7.03. The predicted octanol–water partition coefficient (Wildman–Crippen LogP) is 2.15. The molecule has 2 aromatic rings. The summed E-state index contributed by atoms with van der Waals surface area (Å²) in [5.74, 6) is 1.47. The van der Waals surface area contributed by atoms with Crippen molar-refractivity contribution in [2.24, 2.45) is 0 Å². The van der Waals surface area contributed by atoms with Crippen LogP contribution in [0, 0.1) is 6.92 Å². The van der Waals surface area contributed by atoms with Crippen LogP contribution in [0.4, 0.5) is 0 Å². The zero-order valence-corrected chi connectivity index (χ0v) is 11.8. The topological polar surface area (TPSA) is 60.5 Å². The molecule has 0 saturated carbocycles. The first-order chi connectivity index (χ1) is 9.74.